The summed E-state index contributed by atoms with van der Waals surface area (Å²) in [6, 6.07) is 0. The molecule has 0 N–H and O–H groups in total. The van der Waals surface area contributed by atoms with Gasteiger partial charge >= 0.3 is 17.9 Å². The molecule has 0 rings (SSSR count). The molecule has 0 heterocycles. The summed E-state index contributed by atoms with van der Waals surface area (Å²) in [5.74, 6) is 0.904. The maximum absolute atomic E-state index is 12.9. The normalized spacial score (nSPS) is 12.4. The van der Waals surface area contributed by atoms with Gasteiger partial charge in [0.15, 0.2) is 6.10 Å². The summed E-state index contributed by atoms with van der Waals surface area (Å²) in [5, 5.41) is 0. The van der Waals surface area contributed by atoms with E-state index in [1.165, 1.54) is 231 Å². The molecule has 0 bridgehead atoms. The van der Waals surface area contributed by atoms with Crippen LogP contribution in [0.4, 0.5) is 0 Å². The zero-order valence-corrected chi connectivity index (χ0v) is 46.0. The first kappa shape index (κ1) is 65.4. The van der Waals surface area contributed by atoms with Crippen LogP contribution in [0.1, 0.15) is 343 Å². The van der Waals surface area contributed by atoms with Crippen LogP contribution in [0.5, 0.6) is 0 Å². The van der Waals surface area contributed by atoms with Crippen LogP contribution in [0, 0.1) is 11.8 Å². The van der Waals surface area contributed by atoms with Gasteiger partial charge in [-0.15, -0.1) is 0 Å². The fraction of sp³-hybridized carbons (Fsp3) is 0.951. The van der Waals surface area contributed by atoms with E-state index in [-0.39, 0.29) is 31.1 Å². The third-order valence-electron chi connectivity index (χ3n) is 14.3. The number of ether oxygens (including phenoxy) is 3. The fourth-order valence-corrected chi connectivity index (χ4v) is 9.37. The number of hydrogen-bond acceptors (Lipinski definition) is 6. The van der Waals surface area contributed by atoms with E-state index in [1.54, 1.807) is 0 Å². The van der Waals surface area contributed by atoms with Gasteiger partial charge in [0, 0.05) is 19.3 Å². The van der Waals surface area contributed by atoms with Crippen molar-refractivity contribution in [1.29, 1.82) is 0 Å². The lowest BCUT2D eigenvalue weighted by Crippen LogP contribution is -2.30. The van der Waals surface area contributed by atoms with Crippen LogP contribution in [0.2, 0.25) is 0 Å². The van der Waals surface area contributed by atoms with Crippen molar-refractivity contribution in [2.75, 3.05) is 13.2 Å². The highest BCUT2D eigenvalue weighted by molar-refractivity contribution is 5.71. The molecule has 6 heteroatoms. The lowest BCUT2D eigenvalue weighted by Gasteiger charge is -2.18. The topological polar surface area (TPSA) is 78.9 Å². The summed E-state index contributed by atoms with van der Waals surface area (Å²) < 4.78 is 16.9. The molecule has 0 fully saturated rings. The van der Waals surface area contributed by atoms with E-state index in [1.807, 2.05) is 0 Å². The maximum Gasteiger partial charge on any atom is 0.306 e. The Hall–Kier alpha value is -1.59. The van der Waals surface area contributed by atoms with E-state index in [0.717, 1.165) is 69.6 Å². The average Bonchev–Trinajstić information content (AvgIpc) is 3.31. The SMILES string of the molecule is CCCCCCCCCCCCCCCCC(=O)OC[C@@H](COC(=O)CCCCCCCCCCCCCCCCC(C)C)OC(=O)CCCCCCCCCCCCCCCCC(C)CC. The number of unbranched alkanes of at least 4 members (excludes halogenated alkanes) is 39. The lowest BCUT2D eigenvalue weighted by atomic mass is 9.99. The first-order chi connectivity index (χ1) is 32.8. The molecular formula is C61H118O6. The van der Waals surface area contributed by atoms with Crippen molar-refractivity contribution in [3.63, 3.8) is 0 Å². The van der Waals surface area contributed by atoms with Gasteiger partial charge < -0.3 is 14.2 Å². The predicted octanol–water partition coefficient (Wildman–Crippen LogP) is 20.0. The van der Waals surface area contributed by atoms with Gasteiger partial charge in [-0.2, -0.15) is 0 Å². The molecule has 0 amide bonds. The van der Waals surface area contributed by atoms with Crippen molar-refractivity contribution < 1.29 is 28.6 Å². The summed E-state index contributed by atoms with van der Waals surface area (Å²) in [4.78, 5) is 38.2. The molecule has 67 heavy (non-hydrogen) atoms. The standard InChI is InChI=1S/C61H118O6/c1-6-8-9-10-11-12-13-14-21-26-31-36-41-46-51-59(62)65-54-58(55-66-60(63)52-47-42-37-32-27-22-17-15-19-24-29-34-39-44-49-56(3)4)67-61(64)53-48-43-38-33-28-23-18-16-20-25-30-35-40-45-50-57(5)7-2/h56-58H,6-55H2,1-5H3/t57?,58-/m0/s1. The molecule has 0 aromatic rings. The van der Waals surface area contributed by atoms with E-state index < -0.39 is 6.10 Å². The van der Waals surface area contributed by atoms with Crippen LogP contribution in [0.15, 0.2) is 0 Å². The molecule has 0 aromatic heterocycles. The summed E-state index contributed by atoms with van der Waals surface area (Å²) in [6.45, 7) is 11.5. The molecule has 1 unspecified atom stereocenters. The Labute approximate surface area is 418 Å². The minimum Gasteiger partial charge on any atom is -0.462 e. The van der Waals surface area contributed by atoms with E-state index in [0.29, 0.717) is 19.3 Å². The molecule has 0 saturated heterocycles. The Morgan fingerprint density at radius 3 is 0.851 bits per heavy atom. The van der Waals surface area contributed by atoms with Gasteiger partial charge in [0.05, 0.1) is 0 Å². The Morgan fingerprint density at radius 2 is 0.567 bits per heavy atom. The zero-order chi connectivity index (χ0) is 48.9. The molecule has 0 aromatic carbocycles. The van der Waals surface area contributed by atoms with E-state index in [2.05, 4.69) is 34.6 Å². The van der Waals surface area contributed by atoms with Gasteiger partial charge in [-0.1, -0.05) is 304 Å². The molecule has 0 aliphatic heterocycles. The Balaban J connectivity index is 4.30. The average molecular weight is 948 g/mol. The van der Waals surface area contributed by atoms with Crippen LogP contribution < -0.4 is 0 Å². The van der Waals surface area contributed by atoms with Crippen LogP contribution in [-0.4, -0.2) is 37.2 Å². The minimum atomic E-state index is -0.763. The van der Waals surface area contributed by atoms with Gasteiger partial charge in [0.25, 0.3) is 0 Å². The number of carbonyl (C=O) groups is 3. The van der Waals surface area contributed by atoms with Crippen molar-refractivity contribution in [3.8, 4) is 0 Å². The van der Waals surface area contributed by atoms with Crippen LogP contribution in [-0.2, 0) is 28.6 Å². The Bertz CT molecular complexity index is 1030. The smallest absolute Gasteiger partial charge is 0.306 e. The highest BCUT2D eigenvalue weighted by Crippen LogP contribution is 2.19. The second-order valence-corrected chi connectivity index (χ2v) is 21.7. The zero-order valence-electron chi connectivity index (χ0n) is 46.0. The summed E-state index contributed by atoms with van der Waals surface area (Å²) >= 11 is 0. The number of esters is 3. The molecular weight excluding hydrogens is 829 g/mol. The van der Waals surface area contributed by atoms with Crippen molar-refractivity contribution in [3.05, 3.63) is 0 Å². The first-order valence-electron chi connectivity index (χ1n) is 30.3. The first-order valence-corrected chi connectivity index (χ1v) is 30.3. The maximum atomic E-state index is 12.9. The number of rotatable bonds is 55. The molecule has 0 radical (unpaired) electrons. The minimum absolute atomic E-state index is 0.0622. The van der Waals surface area contributed by atoms with E-state index in [4.69, 9.17) is 14.2 Å². The third-order valence-corrected chi connectivity index (χ3v) is 14.3. The summed E-state index contributed by atoms with van der Waals surface area (Å²) in [5.41, 5.74) is 0. The van der Waals surface area contributed by atoms with Crippen molar-refractivity contribution in [2.24, 2.45) is 11.8 Å². The van der Waals surface area contributed by atoms with Crippen LogP contribution >= 0.6 is 0 Å². The Kier molecular flexibility index (Phi) is 52.5. The third kappa shape index (κ3) is 53.6. The quantitative estimate of drug-likeness (QED) is 0.0343. The second kappa shape index (κ2) is 53.8. The lowest BCUT2D eigenvalue weighted by molar-refractivity contribution is -0.167. The number of hydrogen-bond donors (Lipinski definition) is 0. The van der Waals surface area contributed by atoms with Crippen molar-refractivity contribution >= 4 is 17.9 Å². The fourth-order valence-electron chi connectivity index (χ4n) is 9.37. The molecule has 0 spiro atoms. The van der Waals surface area contributed by atoms with E-state index in [9.17, 15) is 14.4 Å². The molecule has 2 atom stereocenters. The molecule has 398 valence electrons. The number of carbonyl (C=O) groups excluding carboxylic acids is 3. The summed E-state index contributed by atoms with van der Waals surface area (Å²) in [6.07, 6.45) is 58.0. The summed E-state index contributed by atoms with van der Waals surface area (Å²) in [7, 11) is 0. The highest BCUT2D eigenvalue weighted by atomic mass is 16.6. The van der Waals surface area contributed by atoms with E-state index >= 15 is 0 Å². The predicted molar refractivity (Wildman–Crippen MR) is 289 cm³/mol. The largest absolute Gasteiger partial charge is 0.462 e. The Morgan fingerprint density at radius 1 is 0.313 bits per heavy atom. The van der Waals surface area contributed by atoms with Gasteiger partial charge in [-0.25, -0.2) is 0 Å². The van der Waals surface area contributed by atoms with Gasteiger partial charge in [-0.3, -0.25) is 14.4 Å². The molecule has 6 nitrogen and oxygen atoms in total. The van der Waals surface area contributed by atoms with Crippen LogP contribution in [0.25, 0.3) is 0 Å². The van der Waals surface area contributed by atoms with Gasteiger partial charge in [0.2, 0.25) is 0 Å². The second-order valence-electron chi connectivity index (χ2n) is 21.7. The van der Waals surface area contributed by atoms with Crippen LogP contribution in [0.3, 0.4) is 0 Å². The van der Waals surface area contributed by atoms with Crippen molar-refractivity contribution in [1.82, 2.24) is 0 Å². The monoisotopic (exact) mass is 947 g/mol. The highest BCUT2D eigenvalue weighted by Gasteiger charge is 2.19. The van der Waals surface area contributed by atoms with Gasteiger partial charge in [-0.05, 0) is 31.1 Å². The van der Waals surface area contributed by atoms with Gasteiger partial charge in [0.1, 0.15) is 13.2 Å². The molecule has 0 aliphatic rings. The molecule has 0 aliphatic carbocycles. The molecule has 0 saturated carbocycles. The van der Waals surface area contributed by atoms with Crippen molar-refractivity contribution in [2.45, 2.75) is 349 Å².